The van der Waals surface area contributed by atoms with E-state index >= 15 is 0 Å². The number of anilines is 1. The first-order valence-corrected chi connectivity index (χ1v) is 13.2. The lowest BCUT2D eigenvalue weighted by molar-refractivity contribution is -0.0555. The summed E-state index contributed by atoms with van der Waals surface area (Å²) >= 11 is 0. The van der Waals surface area contributed by atoms with Crippen molar-refractivity contribution in [2.45, 2.75) is 22.8 Å². The van der Waals surface area contributed by atoms with Crippen LogP contribution in [0.25, 0.3) is 10.9 Å². The second kappa shape index (κ2) is 10.1. The molecule has 0 saturated carbocycles. The van der Waals surface area contributed by atoms with E-state index in [0.29, 0.717) is 16.2 Å². The van der Waals surface area contributed by atoms with Crippen LogP contribution in [0.2, 0.25) is 0 Å². The van der Waals surface area contributed by atoms with Gasteiger partial charge in [0.05, 0.1) is 17.5 Å². The average molecular weight is 578 g/mol. The van der Waals surface area contributed by atoms with Crippen LogP contribution in [0, 0.1) is 5.82 Å². The quantitative estimate of drug-likeness (QED) is 0.285. The van der Waals surface area contributed by atoms with Crippen molar-refractivity contribution in [3.05, 3.63) is 72.2 Å². The molecule has 4 rings (SSSR count). The van der Waals surface area contributed by atoms with Gasteiger partial charge in [-0.15, -0.1) is 0 Å². The number of pyridine rings is 1. The van der Waals surface area contributed by atoms with Gasteiger partial charge in [0.2, 0.25) is 5.88 Å². The Morgan fingerprint density at radius 1 is 0.947 bits per heavy atom. The first-order valence-electron chi connectivity index (χ1n) is 10.3. The van der Waals surface area contributed by atoms with Crippen molar-refractivity contribution in [3.63, 3.8) is 0 Å². The van der Waals surface area contributed by atoms with Gasteiger partial charge < -0.3 is 9.47 Å². The van der Waals surface area contributed by atoms with Crippen LogP contribution in [0.3, 0.4) is 0 Å². The van der Waals surface area contributed by atoms with Crippen LogP contribution >= 0.6 is 0 Å². The van der Waals surface area contributed by atoms with Crippen LogP contribution in [-0.4, -0.2) is 39.5 Å². The molecule has 0 radical (unpaired) electrons. The zero-order valence-corrected chi connectivity index (χ0v) is 20.6. The van der Waals surface area contributed by atoms with E-state index in [9.17, 15) is 38.8 Å². The molecule has 0 bridgehead atoms. The first-order chi connectivity index (χ1) is 17.8. The highest BCUT2D eigenvalue weighted by atomic mass is 32.2. The van der Waals surface area contributed by atoms with E-state index in [-0.39, 0.29) is 15.8 Å². The number of alkyl halides is 4. The van der Waals surface area contributed by atoms with E-state index in [2.05, 4.69) is 9.72 Å². The molecule has 0 atom stereocenters. The van der Waals surface area contributed by atoms with Gasteiger partial charge in [-0.3, -0.25) is 4.72 Å². The summed E-state index contributed by atoms with van der Waals surface area (Å²) in [4.78, 5) is 2.45. The first kappa shape index (κ1) is 27.1. The van der Waals surface area contributed by atoms with Gasteiger partial charge in [0.1, 0.15) is 10.6 Å². The van der Waals surface area contributed by atoms with Gasteiger partial charge in [-0.05, 0) is 18.2 Å². The Morgan fingerprint density at radius 3 is 2.24 bits per heavy atom. The Hall–Kier alpha value is -3.92. The highest BCUT2D eigenvalue weighted by Gasteiger charge is 2.29. The number of nitrogens with one attached hydrogen (secondary N) is 1. The van der Waals surface area contributed by atoms with E-state index in [0.717, 1.165) is 25.3 Å². The summed E-state index contributed by atoms with van der Waals surface area (Å²) in [5.74, 6) is -3.27. The highest BCUT2D eigenvalue weighted by molar-refractivity contribution is 7.93. The molecule has 0 fully saturated rings. The molecule has 38 heavy (non-hydrogen) atoms. The molecule has 2 aromatic carbocycles. The molecule has 0 spiro atoms. The maximum Gasteiger partial charge on any atom is 0.388 e. The molecule has 1 N–H and O–H groups in total. The third-order valence-electron chi connectivity index (χ3n) is 5.15. The number of methoxy groups -OCH3 is 1. The number of sulfonamides is 1. The number of aromatic nitrogens is 2. The van der Waals surface area contributed by atoms with Gasteiger partial charge in [0.15, 0.2) is 5.82 Å². The molecule has 9 nitrogen and oxygen atoms in total. The third-order valence-corrected chi connectivity index (χ3v) is 8.23. The summed E-state index contributed by atoms with van der Waals surface area (Å²) in [6.45, 7) is -3.43. The van der Waals surface area contributed by atoms with E-state index in [1.165, 1.54) is 24.3 Å². The van der Waals surface area contributed by atoms with E-state index in [1.54, 1.807) is 6.07 Å². The van der Waals surface area contributed by atoms with Crippen molar-refractivity contribution < 1.29 is 48.3 Å². The third kappa shape index (κ3) is 5.08. The van der Waals surface area contributed by atoms with Crippen molar-refractivity contribution >= 4 is 36.6 Å². The monoisotopic (exact) mass is 577 g/mol. The largest absolute Gasteiger partial charge is 0.479 e. The summed E-state index contributed by atoms with van der Waals surface area (Å²) in [6, 6.07) is 10.0. The van der Waals surface area contributed by atoms with Crippen LogP contribution in [-0.2, 0) is 20.0 Å². The maximum atomic E-state index is 14.3. The molecule has 0 aliphatic rings. The molecule has 0 amide bonds. The highest BCUT2D eigenvalue weighted by Crippen LogP contribution is 2.35. The van der Waals surface area contributed by atoms with Gasteiger partial charge in [0.25, 0.3) is 32.4 Å². The Labute approximate surface area is 212 Å². The number of rotatable bonds is 9. The lowest BCUT2D eigenvalue weighted by Crippen LogP contribution is -2.16. The van der Waals surface area contributed by atoms with Gasteiger partial charge in [0, 0.05) is 23.2 Å². The molecular weight excluding hydrogens is 561 g/mol. The normalized spacial score (nSPS) is 12.3. The average Bonchev–Trinajstić information content (AvgIpc) is 3.26. The Bertz CT molecular complexity index is 1710. The zero-order valence-electron chi connectivity index (χ0n) is 19.0. The number of hydrogen-bond acceptors (Lipinski definition) is 7. The SMILES string of the molecule is COc1nc(OC(F)F)c(F)cc1NS(=O)(=O)c1cn(S(=O)(=O)c2ccccc2)c2cc(C(F)F)ccc12. The summed E-state index contributed by atoms with van der Waals surface area (Å²) in [7, 11) is -8.25. The minimum absolute atomic E-state index is 0.251. The fourth-order valence-electron chi connectivity index (χ4n) is 3.49. The summed E-state index contributed by atoms with van der Waals surface area (Å²) in [6.07, 6.45) is -2.29. The number of benzene rings is 2. The lowest BCUT2D eigenvalue weighted by Gasteiger charge is -2.13. The molecule has 0 saturated heterocycles. The molecular formula is C22H16F5N3O6S2. The van der Waals surface area contributed by atoms with Crippen LogP contribution in [0.4, 0.5) is 27.6 Å². The summed E-state index contributed by atoms with van der Waals surface area (Å²) in [5, 5.41) is -0.258. The van der Waals surface area contributed by atoms with E-state index in [1.807, 2.05) is 4.72 Å². The van der Waals surface area contributed by atoms with Gasteiger partial charge in [-0.2, -0.15) is 13.8 Å². The number of nitrogens with zero attached hydrogens (tertiary/aromatic N) is 2. The Kier molecular flexibility index (Phi) is 7.20. The standard InChI is InChI=1S/C22H16F5N3O6S2/c1-35-21-16(10-15(23)20(28-21)36-22(26)27)29-37(31,32)18-11-30(38(33,34)13-5-3-2-4-6-13)17-9-12(19(24)25)7-8-14(17)18/h2-11,19,22,29H,1H3. The molecule has 2 aromatic heterocycles. The topological polar surface area (TPSA) is 117 Å². The second-order valence-corrected chi connectivity index (χ2v) is 11.0. The second-order valence-electron chi connectivity index (χ2n) is 7.50. The fourth-order valence-corrected chi connectivity index (χ4v) is 6.19. The molecule has 0 aliphatic heterocycles. The van der Waals surface area contributed by atoms with Gasteiger partial charge in [-0.1, -0.05) is 30.3 Å². The molecule has 4 aromatic rings. The smallest absolute Gasteiger partial charge is 0.388 e. The van der Waals surface area contributed by atoms with Crippen LogP contribution < -0.4 is 14.2 Å². The number of halogens is 5. The number of hydrogen-bond donors (Lipinski definition) is 1. The Morgan fingerprint density at radius 2 is 1.63 bits per heavy atom. The van der Waals surface area contributed by atoms with Crippen molar-refractivity contribution in [2.24, 2.45) is 0 Å². The minimum atomic E-state index is -4.78. The molecule has 2 heterocycles. The van der Waals surface area contributed by atoms with Crippen molar-refractivity contribution in [1.29, 1.82) is 0 Å². The summed E-state index contributed by atoms with van der Waals surface area (Å²) in [5.41, 5.74) is -1.58. The van der Waals surface area contributed by atoms with E-state index in [4.69, 9.17) is 4.74 Å². The molecule has 202 valence electrons. The number of fused-ring (bicyclic) bond motifs is 1. The molecule has 0 unspecified atom stereocenters. The van der Waals surface area contributed by atoms with E-state index < -0.39 is 66.8 Å². The summed E-state index contributed by atoms with van der Waals surface area (Å²) < 4.78 is 131. The minimum Gasteiger partial charge on any atom is -0.479 e. The number of ether oxygens (including phenoxy) is 2. The van der Waals surface area contributed by atoms with Crippen LogP contribution in [0.1, 0.15) is 12.0 Å². The maximum absolute atomic E-state index is 14.3. The fraction of sp³-hybridized carbons (Fsp3) is 0.136. The molecule has 0 aliphatic carbocycles. The van der Waals surface area contributed by atoms with Crippen LogP contribution in [0.5, 0.6) is 11.8 Å². The predicted molar refractivity (Wildman–Crippen MR) is 124 cm³/mol. The van der Waals surface area contributed by atoms with Crippen molar-refractivity contribution in [3.8, 4) is 11.8 Å². The van der Waals surface area contributed by atoms with Gasteiger partial charge in [-0.25, -0.2) is 34.0 Å². The van der Waals surface area contributed by atoms with Crippen molar-refractivity contribution in [2.75, 3.05) is 11.8 Å². The lowest BCUT2D eigenvalue weighted by atomic mass is 10.2. The molecule has 16 heteroatoms. The van der Waals surface area contributed by atoms with Gasteiger partial charge >= 0.3 is 6.61 Å². The zero-order chi connectivity index (χ0) is 27.8. The van der Waals surface area contributed by atoms with Crippen molar-refractivity contribution in [1.82, 2.24) is 8.96 Å². The Balaban J connectivity index is 1.89. The van der Waals surface area contributed by atoms with Crippen LogP contribution in [0.15, 0.2) is 70.6 Å². The predicted octanol–water partition coefficient (Wildman–Crippen LogP) is 4.76.